The minimum Gasteiger partial charge on any atom is -0.479 e. The summed E-state index contributed by atoms with van der Waals surface area (Å²) in [6, 6.07) is 0. The maximum atomic E-state index is 10.3. The molecule has 62 valence electrons. The number of carboxylic acid groups (broad SMARTS) is 1. The molecule has 0 radical (unpaired) electrons. The predicted molar refractivity (Wildman–Crippen MR) is 34.8 cm³/mol. The lowest BCUT2D eigenvalue weighted by Gasteiger charge is -2.03. The van der Waals surface area contributed by atoms with Gasteiger partial charge in [0.1, 0.15) is 6.61 Å². The summed E-state index contributed by atoms with van der Waals surface area (Å²) in [4.78, 5) is 20.2. The number of hydrogen-bond donors (Lipinski definition) is 2. The average Bonchev–Trinajstić information content (AvgIpc) is 1.99. The van der Waals surface area contributed by atoms with Gasteiger partial charge in [-0.2, -0.15) is 0 Å². The Kier molecular flexibility index (Phi) is 3.90. The van der Waals surface area contributed by atoms with Crippen LogP contribution in [0.25, 0.3) is 0 Å². The first-order valence-electron chi connectivity index (χ1n) is 2.78. The largest absolute Gasteiger partial charge is 0.479 e. The molecule has 1 atom stereocenters. The fourth-order valence-corrected chi connectivity index (χ4v) is 0.291. The summed E-state index contributed by atoms with van der Waals surface area (Å²) < 4.78 is 4.23. The van der Waals surface area contributed by atoms with Crippen molar-refractivity contribution in [3.63, 3.8) is 0 Å². The number of hydrogen-bond acceptors (Lipinski definition) is 4. The van der Waals surface area contributed by atoms with Crippen molar-refractivity contribution in [1.29, 1.82) is 0 Å². The summed E-state index contributed by atoms with van der Waals surface area (Å²) >= 11 is 0. The molecule has 0 fully saturated rings. The normalized spacial score (nSPS) is 11.7. The topological polar surface area (TPSA) is 83.8 Å². The Labute approximate surface area is 62.9 Å². The van der Waals surface area contributed by atoms with Gasteiger partial charge in [0, 0.05) is 6.08 Å². The summed E-state index contributed by atoms with van der Waals surface area (Å²) in [7, 11) is 0. The fourth-order valence-electron chi connectivity index (χ4n) is 0.291. The Bertz CT molecular complexity index is 174. The second kappa shape index (κ2) is 4.45. The highest BCUT2D eigenvalue weighted by Gasteiger charge is 2.14. The van der Waals surface area contributed by atoms with Crippen LogP contribution in [0.1, 0.15) is 0 Å². The third-order valence-corrected chi connectivity index (χ3v) is 0.835. The van der Waals surface area contributed by atoms with Crippen LogP contribution in [0.4, 0.5) is 0 Å². The van der Waals surface area contributed by atoms with E-state index in [1.54, 1.807) is 0 Å². The molecule has 0 saturated heterocycles. The van der Waals surface area contributed by atoms with E-state index in [4.69, 9.17) is 10.2 Å². The minimum atomic E-state index is -1.67. The molecule has 0 aromatic carbocycles. The SMILES string of the molecule is C=CC(=O)OCC(O)C(=O)O. The van der Waals surface area contributed by atoms with Gasteiger partial charge in [-0.05, 0) is 0 Å². The van der Waals surface area contributed by atoms with Crippen molar-refractivity contribution in [2.75, 3.05) is 6.61 Å². The van der Waals surface area contributed by atoms with E-state index >= 15 is 0 Å². The van der Waals surface area contributed by atoms with Crippen molar-refractivity contribution < 1.29 is 24.5 Å². The van der Waals surface area contributed by atoms with Gasteiger partial charge in [-0.15, -0.1) is 0 Å². The highest BCUT2D eigenvalue weighted by Crippen LogP contribution is 1.86. The van der Waals surface area contributed by atoms with Crippen LogP contribution < -0.4 is 0 Å². The molecule has 1 unspecified atom stereocenters. The molecule has 0 heterocycles. The number of ether oxygens (including phenoxy) is 1. The first-order chi connectivity index (χ1) is 5.07. The van der Waals surface area contributed by atoms with Crippen LogP contribution in [-0.4, -0.2) is 34.9 Å². The minimum absolute atomic E-state index is 0.555. The van der Waals surface area contributed by atoms with Gasteiger partial charge in [0.25, 0.3) is 0 Å². The van der Waals surface area contributed by atoms with Gasteiger partial charge in [-0.3, -0.25) is 0 Å². The van der Waals surface area contributed by atoms with Crippen LogP contribution in [0.5, 0.6) is 0 Å². The van der Waals surface area contributed by atoms with Gasteiger partial charge in [0.2, 0.25) is 0 Å². The maximum absolute atomic E-state index is 10.3. The number of carbonyl (C=O) groups is 2. The number of aliphatic hydroxyl groups is 1. The summed E-state index contributed by atoms with van der Waals surface area (Å²) in [5, 5.41) is 16.7. The van der Waals surface area contributed by atoms with Gasteiger partial charge in [-0.25, -0.2) is 9.59 Å². The van der Waals surface area contributed by atoms with Crippen molar-refractivity contribution in [1.82, 2.24) is 0 Å². The highest BCUT2D eigenvalue weighted by molar-refractivity contribution is 5.81. The molecule has 0 aliphatic carbocycles. The molecule has 0 aliphatic rings. The Morgan fingerprint density at radius 1 is 1.64 bits per heavy atom. The van der Waals surface area contributed by atoms with Crippen LogP contribution in [0, 0.1) is 0 Å². The highest BCUT2D eigenvalue weighted by atomic mass is 16.5. The van der Waals surface area contributed by atoms with E-state index in [0.717, 1.165) is 6.08 Å². The Hall–Kier alpha value is -1.36. The predicted octanol–water partition coefficient (Wildman–Crippen LogP) is -0.839. The summed E-state index contributed by atoms with van der Waals surface area (Å²) in [6.07, 6.45) is -0.784. The fraction of sp³-hybridized carbons (Fsp3) is 0.333. The maximum Gasteiger partial charge on any atom is 0.336 e. The van der Waals surface area contributed by atoms with Gasteiger partial charge in [-0.1, -0.05) is 6.58 Å². The molecule has 5 nitrogen and oxygen atoms in total. The molecule has 0 aromatic heterocycles. The number of esters is 1. The molecule has 0 aromatic rings. The number of aliphatic carboxylic acids is 1. The summed E-state index contributed by atoms with van der Waals surface area (Å²) in [5.41, 5.74) is 0. The van der Waals surface area contributed by atoms with E-state index in [-0.39, 0.29) is 0 Å². The van der Waals surface area contributed by atoms with Crippen molar-refractivity contribution in [2.45, 2.75) is 6.10 Å². The van der Waals surface area contributed by atoms with Crippen molar-refractivity contribution in [2.24, 2.45) is 0 Å². The van der Waals surface area contributed by atoms with E-state index in [9.17, 15) is 9.59 Å². The van der Waals surface area contributed by atoms with Crippen molar-refractivity contribution >= 4 is 11.9 Å². The zero-order valence-electron chi connectivity index (χ0n) is 5.69. The van der Waals surface area contributed by atoms with Crippen LogP contribution in [-0.2, 0) is 14.3 Å². The Morgan fingerprint density at radius 2 is 2.18 bits per heavy atom. The van der Waals surface area contributed by atoms with Crippen LogP contribution >= 0.6 is 0 Å². The third-order valence-electron chi connectivity index (χ3n) is 0.835. The number of carbonyl (C=O) groups excluding carboxylic acids is 1. The molecule has 0 spiro atoms. The van der Waals surface area contributed by atoms with Crippen molar-refractivity contribution in [3.05, 3.63) is 12.7 Å². The van der Waals surface area contributed by atoms with Gasteiger partial charge in [0.05, 0.1) is 0 Å². The molecule has 0 rings (SSSR count). The molecule has 0 saturated carbocycles. The summed E-state index contributed by atoms with van der Waals surface area (Å²) in [6.45, 7) is 2.52. The molecule has 11 heavy (non-hydrogen) atoms. The molecular weight excluding hydrogens is 152 g/mol. The monoisotopic (exact) mass is 160 g/mol. The standard InChI is InChI=1S/C6H8O5/c1-2-5(8)11-3-4(7)6(9)10/h2,4,7H,1,3H2,(H,9,10). The second-order valence-electron chi connectivity index (χ2n) is 1.69. The second-order valence-corrected chi connectivity index (χ2v) is 1.69. The van der Waals surface area contributed by atoms with E-state index in [1.165, 1.54) is 0 Å². The number of aliphatic hydroxyl groups excluding tert-OH is 1. The molecule has 0 aliphatic heterocycles. The first-order valence-corrected chi connectivity index (χ1v) is 2.78. The van der Waals surface area contributed by atoms with Gasteiger partial charge >= 0.3 is 11.9 Å². The van der Waals surface area contributed by atoms with E-state index < -0.39 is 24.6 Å². The quantitative estimate of drug-likeness (QED) is 0.414. The molecule has 0 bridgehead atoms. The lowest BCUT2D eigenvalue weighted by molar-refractivity contribution is -0.153. The van der Waals surface area contributed by atoms with Crippen molar-refractivity contribution in [3.8, 4) is 0 Å². The Balaban J connectivity index is 3.62. The zero-order valence-corrected chi connectivity index (χ0v) is 5.69. The van der Waals surface area contributed by atoms with E-state index in [2.05, 4.69) is 11.3 Å². The number of rotatable bonds is 4. The van der Waals surface area contributed by atoms with Gasteiger partial charge < -0.3 is 14.9 Å². The third kappa shape index (κ3) is 4.10. The molecule has 5 heteroatoms. The summed E-state index contributed by atoms with van der Waals surface area (Å²) in [5.74, 6) is -2.19. The lowest BCUT2D eigenvalue weighted by Crippen LogP contribution is -2.26. The smallest absolute Gasteiger partial charge is 0.336 e. The Morgan fingerprint density at radius 3 is 2.55 bits per heavy atom. The number of carboxylic acids is 1. The van der Waals surface area contributed by atoms with E-state index in [1.807, 2.05) is 0 Å². The molecule has 0 amide bonds. The van der Waals surface area contributed by atoms with Crippen LogP contribution in [0.2, 0.25) is 0 Å². The average molecular weight is 160 g/mol. The van der Waals surface area contributed by atoms with Gasteiger partial charge in [0.15, 0.2) is 6.10 Å². The lowest BCUT2D eigenvalue weighted by atomic mass is 10.4. The van der Waals surface area contributed by atoms with Crippen LogP contribution in [0.3, 0.4) is 0 Å². The molecular formula is C6H8O5. The van der Waals surface area contributed by atoms with E-state index in [0.29, 0.717) is 0 Å². The zero-order chi connectivity index (χ0) is 8.85. The first kappa shape index (κ1) is 9.64. The van der Waals surface area contributed by atoms with Crippen LogP contribution in [0.15, 0.2) is 12.7 Å². The molecule has 2 N–H and O–H groups in total.